The molecule has 0 spiro atoms. The second-order valence-corrected chi connectivity index (χ2v) is 10.2. The van der Waals surface area contributed by atoms with Gasteiger partial charge in [0.1, 0.15) is 0 Å². The van der Waals surface area contributed by atoms with Crippen LogP contribution in [0.1, 0.15) is 48.0 Å². The van der Waals surface area contributed by atoms with E-state index in [2.05, 4.69) is 54.6 Å². The largest absolute Gasteiger partial charge is 0.395 e. The van der Waals surface area contributed by atoms with Crippen molar-refractivity contribution in [3.63, 3.8) is 0 Å². The molecule has 10 nitrogen and oxygen atoms in total. The van der Waals surface area contributed by atoms with Gasteiger partial charge in [0, 0.05) is 75.2 Å². The van der Waals surface area contributed by atoms with E-state index in [4.69, 9.17) is 9.57 Å². The lowest BCUT2D eigenvalue weighted by Gasteiger charge is -2.34. The molecule has 0 saturated carbocycles. The second kappa shape index (κ2) is 13.1. The van der Waals surface area contributed by atoms with Gasteiger partial charge in [-0.25, -0.2) is 20.3 Å². The number of carbonyl (C=O) groups is 1. The zero-order valence-electron chi connectivity index (χ0n) is 21.8. The van der Waals surface area contributed by atoms with Crippen LogP contribution in [0.2, 0.25) is 0 Å². The first kappa shape index (κ1) is 26.6. The zero-order valence-corrected chi connectivity index (χ0v) is 21.8. The highest BCUT2D eigenvalue weighted by molar-refractivity contribution is 5.92. The average Bonchev–Trinajstić information content (AvgIpc) is 3.39. The van der Waals surface area contributed by atoms with Gasteiger partial charge in [0.2, 0.25) is 5.95 Å². The van der Waals surface area contributed by atoms with Crippen molar-refractivity contribution in [1.82, 2.24) is 25.3 Å². The number of fused-ring (bicyclic) bond motifs is 1. The Morgan fingerprint density at radius 2 is 1.97 bits per heavy atom. The van der Waals surface area contributed by atoms with Gasteiger partial charge in [-0.2, -0.15) is 0 Å². The Bertz CT molecular complexity index is 1160. The fourth-order valence-electron chi connectivity index (χ4n) is 5.32. The summed E-state index contributed by atoms with van der Waals surface area (Å²) in [5.41, 5.74) is 5.29. The van der Waals surface area contributed by atoms with Gasteiger partial charge in [0.15, 0.2) is 6.29 Å². The van der Waals surface area contributed by atoms with Gasteiger partial charge in [0.05, 0.1) is 12.2 Å². The number of hydrogen-bond acceptors (Lipinski definition) is 8. The number of ether oxygens (including phenoxy) is 1. The summed E-state index contributed by atoms with van der Waals surface area (Å²) in [7, 11) is 0. The highest BCUT2D eigenvalue weighted by Gasteiger charge is 2.23. The number of H-pyrrole nitrogens is 1. The number of anilines is 1. The molecule has 1 amide bonds. The van der Waals surface area contributed by atoms with Crippen LogP contribution in [0.25, 0.3) is 10.9 Å². The number of para-hydroxylation sites is 1. The molecule has 1 atom stereocenters. The Kier molecular flexibility index (Phi) is 9.19. The van der Waals surface area contributed by atoms with Gasteiger partial charge in [-0.3, -0.25) is 4.79 Å². The third kappa shape index (κ3) is 6.87. The number of aromatic amines is 1. The minimum atomic E-state index is -0.393. The molecule has 2 aliphatic heterocycles. The lowest BCUT2D eigenvalue weighted by Crippen LogP contribution is -2.40. The number of nitrogens with one attached hydrogen (secondary N) is 2. The Hall–Kier alpha value is -3.05. The quantitative estimate of drug-likeness (QED) is 0.329. The Labute approximate surface area is 223 Å². The number of nitrogens with zero attached hydrogens (tertiary/aromatic N) is 4. The molecule has 3 N–H and O–H groups in total. The van der Waals surface area contributed by atoms with E-state index in [0.29, 0.717) is 30.6 Å². The molecule has 2 aliphatic rings. The minimum Gasteiger partial charge on any atom is -0.395 e. The van der Waals surface area contributed by atoms with E-state index >= 15 is 0 Å². The molecule has 1 aromatic carbocycles. The van der Waals surface area contributed by atoms with Gasteiger partial charge in [-0.15, -0.1) is 0 Å². The number of carbonyl (C=O) groups excluding carboxylic acids is 1. The SMILES string of the molecule is O=C(NOC1CCCCO1)c1cnc(N2CCC(CN(CCO)CCc3c[nH]c4ccccc34)CC2)nc1. The maximum Gasteiger partial charge on any atom is 0.278 e. The maximum atomic E-state index is 12.4. The van der Waals surface area contributed by atoms with Crippen LogP contribution in [0.3, 0.4) is 0 Å². The predicted octanol–water partition coefficient (Wildman–Crippen LogP) is 2.90. The van der Waals surface area contributed by atoms with E-state index < -0.39 is 6.29 Å². The van der Waals surface area contributed by atoms with Crippen molar-refractivity contribution in [3.05, 3.63) is 54.0 Å². The van der Waals surface area contributed by atoms with Crippen molar-refractivity contribution in [1.29, 1.82) is 0 Å². The highest BCUT2D eigenvalue weighted by Crippen LogP contribution is 2.23. The molecular weight excluding hydrogens is 484 g/mol. The maximum absolute atomic E-state index is 12.4. The standard InChI is InChI=1S/C28H38N6O4/c35-15-14-33(11-10-22-17-29-25-6-2-1-5-24(22)25)20-21-8-12-34(13-9-21)28-30-18-23(19-31-28)27(36)32-38-26-7-3-4-16-37-26/h1-2,5-6,17-19,21,26,29,35H,3-4,7-16,20H2,(H,32,36). The summed E-state index contributed by atoms with van der Waals surface area (Å²) in [6.07, 6.45) is 10.6. The Balaban J connectivity index is 1.07. The number of aromatic nitrogens is 3. The van der Waals surface area contributed by atoms with Crippen molar-refractivity contribution in [3.8, 4) is 0 Å². The summed E-state index contributed by atoms with van der Waals surface area (Å²) in [6, 6.07) is 8.39. The van der Waals surface area contributed by atoms with Gasteiger partial charge in [-0.05, 0) is 49.7 Å². The molecule has 2 fully saturated rings. The molecule has 2 aromatic heterocycles. The van der Waals surface area contributed by atoms with E-state index in [1.807, 2.05) is 6.07 Å². The topological polar surface area (TPSA) is 116 Å². The van der Waals surface area contributed by atoms with Crippen molar-refractivity contribution >= 4 is 22.8 Å². The number of hydroxylamine groups is 1. The van der Waals surface area contributed by atoms with Crippen LogP contribution in [0.15, 0.2) is 42.9 Å². The smallest absolute Gasteiger partial charge is 0.278 e. The Morgan fingerprint density at radius 3 is 2.74 bits per heavy atom. The number of amides is 1. The van der Waals surface area contributed by atoms with E-state index in [1.54, 1.807) is 12.4 Å². The average molecular weight is 523 g/mol. The zero-order chi connectivity index (χ0) is 26.2. The fraction of sp³-hybridized carbons (Fsp3) is 0.536. The molecular formula is C28H38N6O4. The van der Waals surface area contributed by atoms with Crippen LogP contribution in [-0.4, -0.2) is 83.1 Å². The third-order valence-corrected chi connectivity index (χ3v) is 7.52. The first-order valence-electron chi connectivity index (χ1n) is 13.7. The van der Waals surface area contributed by atoms with Crippen LogP contribution >= 0.6 is 0 Å². The first-order chi connectivity index (χ1) is 18.7. The van der Waals surface area contributed by atoms with E-state index in [-0.39, 0.29) is 12.5 Å². The van der Waals surface area contributed by atoms with Crippen LogP contribution < -0.4 is 10.4 Å². The number of aliphatic hydroxyl groups excluding tert-OH is 1. The van der Waals surface area contributed by atoms with E-state index in [0.717, 1.165) is 64.7 Å². The molecule has 204 valence electrons. The van der Waals surface area contributed by atoms with Crippen LogP contribution in [0, 0.1) is 5.92 Å². The minimum absolute atomic E-state index is 0.166. The molecule has 0 bridgehead atoms. The second-order valence-electron chi connectivity index (χ2n) is 10.2. The van der Waals surface area contributed by atoms with Gasteiger partial charge >= 0.3 is 0 Å². The molecule has 2 saturated heterocycles. The Morgan fingerprint density at radius 1 is 1.16 bits per heavy atom. The van der Waals surface area contributed by atoms with Crippen LogP contribution in [0.4, 0.5) is 5.95 Å². The van der Waals surface area contributed by atoms with Crippen molar-refractivity contribution in [2.75, 3.05) is 50.8 Å². The lowest BCUT2D eigenvalue weighted by molar-refractivity contribution is -0.186. The predicted molar refractivity (Wildman–Crippen MR) is 145 cm³/mol. The summed E-state index contributed by atoms with van der Waals surface area (Å²) in [6.45, 7) is 5.14. The van der Waals surface area contributed by atoms with E-state index in [9.17, 15) is 9.90 Å². The molecule has 10 heteroatoms. The number of hydrogen-bond donors (Lipinski definition) is 3. The van der Waals surface area contributed by atoms with Gasteiger partial charge in [-0.1, -0.05) is 18.2 Å². The highest BCUT2D eigenvalue weighted by atomic mass is 16.8. The molecule has 5 rings (SSSR count). The van der Waals surface area contributed by atoms with Crippen molar-refractivity contribution in [2.45, 2.75) is 44.8 Å². The molecule has 0 radical (unpaired) electrons. The number of benzene rings is 1. The monoisotopic (exact) mass is 522 g/mol. The van der Waals surface area contributed by atoms with Crippen LogP contribution in [0.5, 0.6) is 0 Å². The molecule has 3 aromatic rings. The van der Waals surface area contributed by atoms with Crippen molar-refractivity contribution in [2.24, 2.45) is 5.92 Å². The molecule has 1 unspecified atom stereocenters. The summed E-state index contributed by atoms with van der Waals surface area (Å²) in [5.74, 6) is 0.828. The molecule has 4 heterocycles. The number of aliphatic hydroxyl groups is 1. The van der Waals surface area contributed by atoms with Gasteiger partial charge < -0.3 is 24.6 Å². The molecule has 38 heavy (non-hydrogen) atoms. The normalized spacial score (nSPS) is 18.8. The van der Waals surface area contributed by atoms with Gasteiger partial charge in [0.25, 0.3) is 5.91 Å². The summed E-state index contributed by atoms with van der Waals surface area (Å²) >= 11 is 0. The summed E-state index contributed by atoms with van der Waals surface area (Å²) in [5, 5.41) is 10.9. The summed E-state index contributed by atoms with van der Waals surface area (Å²) in [4.78, 5) is 34.5. The lowest BCUT2D eigenvalue weighted by atomic mass is 9.96. The van der Waals surface area contributed by atoms with E-state index in [1.165, 1.54) is 16.5 Å². The van der Waals surface area contributed by atoms with Crippen molar-refractivity contribution < 1.29 is 19.5 Å². The number of rotatable bonds is 11. The molecule has 0 aliphatic carbocycles. The van der Waals surface area contributed by atoms with Crippen LogP contribution in [-0.2, 0) is 16.0 Å². The fourth-order valence-corrected chi connectivity index (χ4v) is 5.32. The first-order valence-corrected chi connectivity index (χ1v) is 13.7. The third-order valence-electron chi connectivity index (χ3n) is 7.52. The summed E-state index contributed by atoms with van der Waals surface area (Å²) < 4.78 is 5.46. The number of piperidine rings is 1.